The number of benzene rings is 2. The average Bonchev–Trinajstić information content (AvgIpc) is 3.28. The van der Waals surface area contributed by atoms with Gasteiger partial charge in [-0.25, -0.2) is 14.6 Å². The molecule has 0 aliphatic carbocycles. The molecule has 1 saturated heterocycles. The van der Waals surface area contributed by atoms with Crippen molar-refractivity contribution in [1.82, 2.24) is 24.6 Å². The van der Waals surface area contributed by atoms with Crippen molar-refractivity contribution in [1.29, 1.82) is 0 Å². The molecule has 0 N–H and O–H groups in total. The third kappa shape index (κ3) is 3.85. The molecule has 2 aromatic carbocycles. The quantitative estimate of drug-likeness (QED) is 0.337. The van der Waals surface area contributed by atoms with E-state index in [2.05, 4.69) is 20.0 Å². The Morgan fingerprint density at radius 3 is 2.58 bits per heavy atom. The molecule has 1 amide bonds. The maximum absolute atomic E-state index is 12.9. The molecule has 0 saturated carbocycles. The summed E-state index contributed by atoms with van der Waals surface area (Å²) in [4.78, 5) is 36.2. The van der Waals surface area contributed by atoms with Crippen LogP contribution in [0.25, 0.3) is 16.7 Å². The number of carbonyl (C=O) groups excluding carboxylic acids is 1. The fraction of sp³-hybridized carbons (Fsp3) is 0.182. The molecule has 2 aromatic heterocycles. The van der Waals surface area contributed by atoms with Gasteiger partial charge in [0.25, 0.3) is 11.6 Å². The van der Waals surface area contributed by atoms with Gasteiger partial charge in [0.05, 0.1) is 22.2 Å². The van der Waals surface area contributed by atoms with Crippen LogP contribution in [0.15, 0.2) is 61.1 Å². The summed E-state index contributed by atoms with van der Waals surface area (Å²) in [6.45, 7) is 1.89. The normalized spacial score (nSPS) is 14.0. The highest BCUT2D eigenvalue weighted by atomic mass is 35.5. The van der Waals surface area contributed by atoms with E-state index in [9.17, 15) is 14.9 Å². The van der Waals surface area contributed by atoms with Crippen molar-refractivity contribution < 1.29 is 9.72 Å². The first-order valence-corrected chi connectivity index (χ1v) is 10.6. The number of nitro benzene ring substituents is 1. The number of piperazine rings is 1. The van der Waals surface area contributed by atoms with E-state index >= 15 is 0 Å². The third-order valence-electron chi connectivity index (χ3n) is 5.60. The lowest BCUT2D eigenvalue weighted by atomic mass is 10.1. The van der Waals surface area contributed by atoms with Gasteiger partial charge in [-0.1, -0.05) is 29.8 Å². The lowest BCUT2D eigenvalue weighted by Crippen LogP contribution is -2.49. The van der Waals surface area contributed by atoms with Crippen molar-refractivity contribution >= 4 is 40.0 Å². The summed E-state index contributed by atoms with van der Waals surface area (Å²) in [5, 5.41) is 17.2. The molecule has 11 heteroatoms. The number of anilines is 1. The average molecular weight is 464 g/mol. The Balaban J connectivity index is 1.37. The number of para-hydroxylation sites is 1. The van der Waals surface area contributed by atoms with Crippen LogP contribution in [0.5, 0.6) is 0 Å². The second kappa shape index (κ2) is 8.47. The van der Waals surface area contributed by atoms with Gasteiger partial charge < -0.3 is 9.80 Å². The van der Waals surface area contributed by atoms with Crippen LogP contribution in [0.1, 0.15) is 10.4 Å². The van der Waals surface area contributed by atoms with Gasteiger partial charge in [0.1, 0.15) is 17.7 Å². The zero-order valence-electron chi connectivity index (χ0n) is 17.3. The summed E-state index contributed by atoms with van der Waals surface area (Å²) >= 11 is 6.12. The first-order valence-electron chi connectivity index (χ1n) is 10.3. The molecule has 0 radical (unpaired) electrons. The van der Waals surface area contributed by atoms with E-state index in [0.29, 0.717) is 36.8 Å². The van der Waals surface area contributed by atoms with Crippen molar-refractivity contribution in [2.75, 3.05) is 31.1 Å². The maximum atomic E-state index is 12.9. The van der Waals surface area contributed by atoms with Crippen molar-refractivity contribution in [2.45, 2.75) is 0 Å². The molecule has 0 spiro atoms. The van der Waals surface area contributed by atoms with Gasteiger partial charge in [-0.3, -0.25) is 14.9 Å². The van der Waals surface area contributed by atoms with Gasteiger partial charge in [-0.15, -0.1) is 0 Å². The van der Waals surface area contributed by atoms with E-state index in [1.54, 1.807) is 34.0 Å². The van der Waals surface area contributed by atoms with Crippen molar-refractivity contribution in [3.63, 3.8) is 0 Å². The largest absolute Gasteiger partial charge is 0.352 e. The number of nitro groups is 1. The number of nitrogens with zero attached hydrogens (tertiary/aromatic N) is 7. The van der Waals surface area contributed by atoms with E-state index in [-0.39, 0.29) is 17.2 Å². The van der Waals surface area contributed by atoms with Crippen LogP contribution < -0.4 is 4.90 Å². The van der Waals surface area contributed by atoms with Gasteiger partial charge >= 0.3 is 0 Å². The van der Waals surface area contributed by atoms with E-state index in [4.69, 9.17) is 11.6 Å². The van der Waals surface area contributed by atoms with Gasteiger partial charge in [0.15, 0.2) is 5.65 Å². The third-order valence-corrected chi connectivity index (χ3v) is 5.83. The summed E-state index contributed by atoms with van der Waals surface area (Å²) in [5.74, 6) is 0.384. The minimum atomic E-state index is -0.529. The fourth-order valence-corrected chi connectivity index (χ4v) is 4.17. The monoisotopic (exact) mass is 463 g/mol. The van der Waals surface area contributed by atoms with Gasteiger partial charge in [0.2, 0.25) is 0 Å². The van der Waals surface area contributed by atoms with Crippen LogP contribution >= 0.6 is 11.6 Å². The number of carbonyl (C=O) groups is 1. The van der Waals surface area contributed by atoms with Gasteiger partial charge in [-0.2, -0.15) is 5.10 Å². The van der Waals surface area contributed by atoms with E-state index in [1.807, 2.05) is 18.2 Å². The van der Waals surface area contributed by atoms with E-state index < -0.39 is 4.92 Å². The van der Waals surface area contributed by atoms with Crippen molar-refractivity contribution in [2.24, 2.45) is 0 Å². The Morgan fingerprint density at radius 2 is 1.82 bits per heavy atom. The molecule has 10 nitrogen and oxygen atoms in total. The Kier molecular flexibility index (Phi) is 5.35. The minimum absolute atomic E-state index is 0.100. The summed E-state index contributed by atoms with van der Waals surface area (Å²) in [6, 6.07) is 13.4. The predicted molar refractivity (Wildman–Crippen MR) is 123 cm³/mol. The van der Waals surface area contributed by atoms with Crippen LogP contribution in [-0.2, 0) is 0 Å². The zero-order chi connectivity index (χ0) is 22.9. The molecule has 5 rings (SSSR count). The van der Waals surface area contributed by atoms with Crippen molar-refractivity contribution in [3.05, 3.63) is 81.8 Å². The Bertz CT molecular complexity index is 1370. The van der Waals surface area contributed by atoms with Gasteiger partial charge in [-0.05, 0) is 24.3 Å². The highest BCUT2D eigenvalue weighted by Crippen LogP contribution is 2.27. The molecule has 0 unspecified atom stereocenters. The summed E-state index contributed by atoms with van der Waals surface area (Å²) in [5.41, 5.74) is 1.36. The molecule has 4 aromatic rings. The maximum Gasteiger partial charge on any atom is 0.282 e. The molecular weight excluding hydrogens is 446 g/mol. The molecule has 3 heterocycles. The number of rotatable bonds is 4. The van der Waals surface area contributed by atoms with Crippen LogP contribution in [0.4, 0.5) is 11.5 Å². The molecule has 0 bridgehead atoms. The molecule has 166 valence electrons. The summed E-state index contributed by atoms with van der Waals surface area (Å²) in [7, 11) is 0. The van der Waals surface area contributed by atoms with Gasteiger partial charge in [0, 0.05) is 37.3 Å². The lowest BCUT2D eigenvalue weighted by Gasteiger charge is -2.35. The lowest BCUT2D eigenvalue weighted by molar-refractivity contribution is -0.385. The van der Waals surface area contributed by atoms with Crippen LogP contribution in [0, 0.1) is 10.1 Å². The Labute approximate surface area is 193 Å². The zero-order valence-corrected chi connectivity index (χ0v) is 18.1. The minimum Gasteiger partial charge on any atom is -0.352 e. The standard InChI is InChI=1S/C22H18ClN7O3/c23-15-4-3-5-16(12-15)29-21-18(13-26-29)20(24-14-25-21)27-8-10-28(11-9-27)22(31)17-6-1-2-7-19(17)30(32)33/h1-7,12-14H,8-11H2. The molecular formula is C22H18ClN7O3. The highest BCUT2D eigenvalue weighted by molar-refractivity contribution is 6.30. The molecule has 1 aliphatic rings. The number of fused-ring (bicyclic) bond motifs is 1. The summed E-state index contributed by atoms with van der Waals surface area (Å²) < 4.78 is 1.71. The van der Waals surface area contributed by atoms with Crippen LogP contribution in [-0.4, -0.2) is 61.7 Å². The second-order valence-corrected chi connectivity index (χ2v) is 7.96. The SMILES string of the molecule is O=C(c1ccccc1[N+](=O)[O-])N1CCN(c2ncnc3c2cnn3-c2cccc(Cl)c2)CC1. The number of amides is 1. The Hall–Kier alpha value is -4.05. The molecule has 1 fully saturated rings. The fourth-order valence-electron chi connectivity index (χ4n) is 3.99. The number of hydrogen-bond donors (Lipinski definition) is 0. The molecule has 1 aliphatic heterocycles. The topological polar surface area (TPSA) is 110 Å². The highest BCUT2D eigenvalue weighted by Gasteiger charge is 2.28. The second-order valence-electron chi connectivity index (χ2n) is 7.52. The number of aromatic nitrogens is 4. The molecule has 0 atom stereocenters. The van der Waals surface area contributed by atoms with Crippen LogP contribution in [0.2, 0.25) is 5.02 Å². The first-order chi connectivity index (χ1) is 16.0. The van der Waals surface area contributed by atoms with E-state index in [1.165, 1.54) is 18.5 Å². The summed E-state index contributed by atoms with van der Waals surface area (Å²) in [6.07, 6.45) is 3.21. The molecule has 33 heavy (non-hydrogen) atoms. The van der Waals surface area contributed by atoms with Crippen LogP contribution in [0.3, 0.4) is 0 Å². The smallest absolute Gasteiger partial charge is 0.282 e. The van der Waals surface area contributed by atoms with E-state index in [0.717, 1.165) is 16.9 Å². The predicted octanol–water partition coefficient (Wildman–Crippen LogP) is 3.34. The number of halogens is 1. The number of hydrogen-bond acceptors (Lipinski definition) is 7. The Morgan fingerprint density at radius 1 is 1.03 bits per heavy atom. The first kappa shape index (κ1) is 20.8. The van der Waals surface area contributed by atoms with Crippen molar-refractivity contribution in [3.8, 4) is 5.69 Å².